The van der Waals surface area contributed by atoms with Crippen molar-refractivity contribution >= 4 is 28.4 Å². The van der Waals surface area contributed by atoms with Crippen LogP contribution in [-0.4, -0.2) is 11.7 Å². The third-order valence-electron chi connectivity index (χ3n) is 0.900. The van der Waals surface area contributed by atoms with Crippen LogP contribution in [0.3, 0.4) is 0 Å². The Kier molecular flexibility index (Phi) is 1.92. The summed E-state index contributed by atoms with van der Waals surface area (Å²) < 4.78 is 0. The lowest BCUT2D eigenvalue weighted by atomic mass is 10.3. The van der Waals surface area contributed by atoms with E-state index in [2.05, 4.69) is 4.99 Å². The number of hydrogen-bond donors (Lipinski definition) is 0. The maximum atomic E-state index is 5.57. The standard InChI is InChI=1S/C5H5Cl2N/c6-4-2-1-3-8-5(4)7/h2H,1,3H2. The molecule has 0 aliphatic carbocycles. The highest BCUT2D eigenvalue weighted by molar-refractivity contribution is 6.76. The van der Waals surface area contributed by atoms with Gasteiger partial charge in [0.1, 0.15) is 5.17 Å². The van der Waals surface area contributed by atoms with Crippen LogP contribution in [0.5, 0.6) is 0 Å². The highest BCUT2D eigenvalue weighted by Gasteiger charge is 2.02. The van der Waals surface area contributed by atoms with Crippen LogP contribution in [0.4, 0.5) is 0 Å². The summed E-state index contributed by atoms with van der Waals surface area (Å²) in [6.07, 6.45) is 2.78. The van der Waals surface area contributed by atoms with Gasteiger partial charge in [0.25, 0.3) is 0 Å². The van der Waals surface area contributed by atoms with Crippen molar-refractivity contribution < 1.29 is 0 Å². The lowest BCUT2D eigenvalue weighted by Gasteiger charge is -2.00. The maximum Gasteiger partial charge on any atom is 0.142 e. The van der Waals surface area contributed by atoms with Crippen LogP contribution >= 0.6 is 23.2 Å². The minimum absolute atomic E-state index is 0.443. The first-order chi connectivity index (χ1) is 3.80. The molecule has 0 aromatic carbocycles. The van der Waals surface area contributed by atoms with Crippen LogP contribution in [-0.2, 0) is 0 Å². The Hall–Kier alpha value is -0.0100. The molecule has 1 aliphatic rings. The van der Waals surface area contributed by atoms with Gasteiger partial charge in [0, 0.05) is 6.54 Å². The number of aliphatic imine (C=N–C) groups is 1. The quantitative estimate of drug-likeness (QED) is 0.501. The fourth-order valence-corrected chi connectivity index (χ4v) is 0.844. The monoisotopic (exact) mass is 149 g/mol. The fraction of sp³-hybridized carbons (Fsp3) is 0.400. The Labute approximate surface area is 58.0 Å². The van der Waals surface area contributed by atoms with E-state index in [0.717, 1.165) is 13.0 Å². The lowest BCUT2D eigenvalue weighted by Crippen LogP contribution is -1.95. The summed E-state index contributed by atoms with van der Waals surface area (Å²) in [4.78, 5) is 3.89. The van der Waals surface area contributed by atoms with Gasteiger partial charge >= 0.3 is 0 Å². The highest BCUT2D eigenvalue weighted by Crippen LogP contribution is 2.13. The summed E-state index contributed by atoms with van der Waals surface area (Å²) in [5.41, 5.74) is 0. The van der Waals surface area contributed by atoms with Crippen LogP contribution in [0.25, 0.3) is 0 Å². The van der Waals surface area contributed by atoms with E-state index in [4.69, 9.17) is 23.2 Å². The van der Waals surface area contributed by atoms with E-state index in [1.54, 1.807) is 0 Å². The van der Waals surface area contributed by atoms with Gasteiger partial charge in [-0.1, -0.05) is 29.3 Å². The molecule has 0 unspecified atom stereocenters. The first-order valence-electron chi connectivity index (χ1n) is 2.36. The van der Waals surface area contributed by atoms with Crippen LogP contribution in [0.15, 0.2) is 16.1 Å². The molecule has 8 heavy (non-hydrogen) atoms. The SMILES string of the molecule is ClC1=CCCN=C1Cl. The maximum absolute atomic E-state index is 5.57. The summed E-state index contributed by atoms with van der Waals surface area (Å²) in [5, 5.41) is 1.02. The van der Waals surface area contributed by atoms with E-state index in [1.807, 2.05) is 6.08 Å². The van der Waals surface area contributed by atoms with Gasteiger partial charge < -0.3 is 0 Å². The van der Waals surface area contributed by atoms with E-state index in [-0.39, 0.29) is 0 Å². The Morgan fingerprint density at radius 3 is 2.62 bits per heavy atom. The molecule has 0 bridgehead atoms. The van der Waals surface area contributed by atoms with Gasteiger partial charge in [0.05, 0.1) is 5.03 Å². The first-order valence-corrected chi connectivity index (χ1v) is 3.12. The molecular weight excluding hydrogens is 145 g/mol. The van der Waals surface area contributed by atoms with Crippen molar-refractivity contribution in [2.45, 2.75) is 6.42 Å². The van der Waals surface area contributed by atoms with E-state index < -0.39 is 0 Å². The summed E-state index contributed by atoms with van der Waals surface area (Å²) in [5.74, 6) is 0. The molecule has 0 atom stereocenters. The Balaban J connectivity index is 2.73. The molecule has 0 radical (unpaired) electrons. The van der Waals surface area contributed by atoms with Crippen molar-refractivity contribution in [3.05, 3.63) is 11.1 Å². The zero-order chi connectivity index (χ0) is 5.98. The van der Waals surface area contributed by atoms with E-state index >= 15 is 0 Å². The Morgan fingerprint density at radius 2 is 2.25 bits per heavy atom. The second kappa shape index (κ2) is 2.51. The minimum atomic E-state index is 0.443. The summed E-state index contributed by atoms with van der Waals surface area (Å²) in [6.45, 7) is 0.773. The predicted molar refractivity (Wildman–Crippen MR) is 36.7 cm³/mol. The predicted octanol–water partition coefficient (Wildman–Crippen LogP) is 2.15. The van der Waals surface area contributed by atoms with Crippen LogP contribution < -0.4 is 0 Å². The molecule has 0 aromatic heterocycles. The third kappa shape index (κ3) is 1.23. The molecule has 0 fully saturated rings. The molecule has 1 rings (SSSR count). The first kappa shape index (κ1) is 6.12. The van der Waals surface area contributed by atoms with Crippen molar-refractivity contribution in [2.24, 2.45) is 4.99 Å². The Morgan fingerprint density at radius 1 is 1.50 bits per heavy atom. The molecule has 1 heterocycles. The molecular formula is C5H5Cl2N. The number of allylic oxidation sites excluding steroid dienone is 1. The van der Waals surface area contributed by atoms with Gasteiger partial charge in [-0.25, -0.2) is 0 Å². The lowest BCUT2D eigenvalue weighted by molar-refractivity contribution is 0.996. The van der Waals surface area contributed by atoms with Gasteiger partial charge in [0.15, 0.2) is 0 Å². The minimum Gasteiger partial charge on any atom is -0.272 e. The highest BCUT2D eigenvalue weighted by atomic mass is 35.5. The number of hydrogen-bond acceptors (Lipinski definition) is 1. The number of nitrogens with zero attached hydrogens (tertiary/aromatic N) is 1. The van der Waals surface area contributed by atoms with Crippen molar-refractivity contribution in [3.8, 4) is 0 Å². The molecule has 3 heteroatoms. The molecule has 1 nitrogen and oxygen atoms in total. The average molecular weight is 150 g/mol. The Bertz CT molecular complexity index is 131. The van der Waals surface area contributed by atoms with Crippen molar-refractivity contribution in [3.63, 3.8) is 0 Å². The van der Waals surface area contributed by atoms with E-state index in [0.29, 0.717) is 10.2 Å². The largest absolute Gasteiger partial charge is 0.272 e. The van der Waals surface area contributed by atoms with E-state index in [1.165, 1.54) is 0 Å². The van der Waals surface area contributed by atoms with Crippen LogP contribution in [0.1, 0.15) is 6.42 Å². The number of rotatable bonds is 0. The van der Waals surface area contributed by atoms with Crippen LogP contribution in [0.2, 0.25) is 0 Å². The topological polar surface area (TPSA) is 12.4 Å². The fourth-order valence-electron chi connectivity index (χ4n) is 0.514. The normalized spacial score (nSPS) is 19.8. The smallest absolute Gasteiger partial charge is 0.142 e. The average Bonchev–Trinajstić information content (AvgIpc) is 1.77. The number of dihydropyridines is 1. The van der Waals surface area contributed by atoms with Gasteiger partial charge in [-0.05, 0) is 6.42 Å². The molecule has 44 valence electrons. The summed E-state index contributed by atoms with van der Waals surface area (Å²) >= 11 is 11.1. The van der Waals surface area contributed by atoms with E-state index in [9.17, 15) is 0 Å². The van der Waals surface area contributed by atoms with Crippen LogP contribution in [0, 0.1) is 0 Å². The number of halogens is 2. The summed E-state index contributed by atoms with van der Waals surface area (Å²) in [6, 6.07) is 0. The molecule has 0 aromatic rings. The van der Waals surface area contributed by atoms with Crippen molar-refractivity contribution in [1.29, 1.82) is 0 Å². The zero-order valence-corrected chi connectivity index (χ0v) is 5.71. The van der Waals surface area contributed by atoms with Gasteiger partial charge in [-0.2, -0.15) is 0 Å². The van der Waals surface area contributed by atoms with Gasteiger partial charge in [0.2, 0.25) is 0 Å². The molecule has 0 saturated heterocycles. The molecule has 0 N–H and O–H groups in total. The summed E-state index contributed by atoms with van der Waals surface area (Å²) in [7, 11) is 0. The second-order valence-electron chi connectivity index (χ2n) is 1.51. The van der Waals surface area contributed by atoms with Gasteiger partial charge in [-0.15, -0.1) is 0 Å². The second-order valence-corrected chi connectivity index (χ2v) is 2.28. The zero-order valence-electron chi connectivity index (χ0n) is 4.19. The molecule has 0 spiro atoms. The van der Waals surface area contributed by atoms with Crippen molar-refractivity contribution in [2.75, 3.05) is 6.54 Å². The van der Waals surface area contributed by atoms with Crippen molar-refractivity contribution in [1.82, 2.24) is 0 Å². The molecule has 0 amide bonds. The van der Waals surface area contributed by atoms with Gasteiger partial charge in [-0.3, -0.25) is 4.99 Å². The third-order valence-corrected chi connectivity index (χ3v) is 1.65. The molecule has 0 saturated carbocycles. The molecule has 1 aliphatic heterocycles.